The molecule has 6 heteroatoms. The summed E-state index contributed by atoms with van der Waals surface area (Å²) in [5, 5.41) is 5.41. The van der Waals surface area contributed by atoms with E-state index in [1.54, 1.807) is 0 Å². The van der Waals surface area contributed by atoms with E-state index in [0.29, 0.717) is 16.8 Å². The number of hydrogen-bond acceptors (Lipinski definition) is 4. The van der Waals surface area contributed by atoms with Crippen LogP contribution in [0, 0.1) is 0 Å². The van der Waals surface area contributed by atoms with Gasteiger partial charge in [0.2, 0.25) is 5.91 Å². The first-order valence-electron chi connectivity index (χ1n) is 9.55. The first kappa shape index (κ1) is 19.1. The Kier molecular flexibility index (Phi) is 5.81. The van der Waals surface area contributed by atoms with E-state index in [1.165, 1.54) is 27.8 Å². The number of rotatable bonds is 7. The number of nitrogens with zero attached hydrogens (tertiary/aromatic N) is 2. The van der Waals surface area contributed by atoms with Crippen molar-refractivity contribution in [2.24, 2.45) is 0 Å². The number of hydrogen-bond donors (Lipinski definition) is 1. The lowest BCUT2D eigenvalue weighted by molar-refractivity contribution is -0.121. The van der Waals surface area contributed by atoms with Gasteiger partial charge in [0.15, 0.2) is 0 Å². The number of fused-ring (bicyclic) bond motifs is 1. The lowest BCUT2D eigenvalue weighted by atomic mass is 10.1. The lowest BCUT2D eigenvalue weighted by Crippen LogP contribution is -2.33. The summed E-state index contributed by atoms with van der Waals surface area (Å²) in [6.45, 7) is 0.545. The van der Waals surface area contributed by atoms with Gasteiger partial charge in [-0.05, 0) is 24.0 Å². The molecule has 0 spiro atoms. The van der Waals surface area contributed by atoms with Crippen molar-refractivity contribution in [2.75, 3.05) is 6.54 Å². The number of amides is 1. The number of aryl methyl sites for hydroxylation is 1. The lowest BCUT2D eigenvalue weighted by Gasteiger charge is -2.08. The minimum absolute atomic E-state index is 0.0306. The van der Waals surface area contributed by atoms with Gasteiger partial charge in [-0.15, -0.1) is 11.3 Å². The summed E-state index contributed by atoms with van der Waals surface area (Å²) in [6, 6.07) is 19.9. The van der Waals surface area contributed by atoms with Crippen LogP contribution in [0.4, 0.5) is 0 Å². The predicted octanol–water partition coefficient (Wildman–Crippen LogP) is 3.87. The van der Waals surface area contributed by atoms with Crippen LogP contribution < -0.4 is 10.9 Å². The Morgan fingerprint density at radius 3 is 2.52 bits per heavy atom. The van der Waals surface area contributed by atoms with Gasteiger partial charge < -0.3 is 5.32 Å². The standard InChI is InChI=1S/C23H21N3O2S/c27-20(24-13-7-10-17-8-3-1-4-9-17)14-26-16-25-22-21(23(26)28)19(15-29-22)18-11-5-2-6-12-18/h1-6,8-9,11-12,15-16H,7,10,13-14H2,(H,24,27). The molecule has 29 heavy (non-hydrogen) atoms. The van der Waals surface area contributed by atoms with E-state index in [4.69, 9.17) is 0 Å². The maximum atomic E-state index is 13.0. The molecule has 0 saturated heterocycles. The number of aromatic nitrogens is 2. The van der Waals surface area contributed by atoms with Crippen molar-refractivity contribution < 1.29 is 4.79 Å². The van der Waals surface area contributed by atoms with Crippen LogP contribution in [-0.4, -0.2) is 22.0 Å². The number of carbonyl (C=O) groups excluding carboxylic acids is 1. The van der Waals surface area contributed by atoms with Gasteiger partial charge in [0.25, 0.3) is 5.56 Å². The van der Waals surface area contributed by atoms with E-state index < -0.39 is 0 Å². The third-order valence-electron chi connectivity index (χ3n) is 4.77. The van der Waals surface area contributed by atoms with Gasteiger partial charge >= 0.3 is 0 Å². The highest BCUT2D eigenvalue weighted by Gasteiger charge is 2.14. The first-order valence-corrected chi connectivity index (χ1v) is 10.4. The van der Waals surface area contributed by atoms with Crippen molar-refractivity contribution in [3.63, 3.8) is 0 Å². The normalized spacial score (nSPS) is 10.9. The second kappa shape index (κ2) is 8.84. The van der Waals surface area contributed by atoms with Crippen LogP contribution in [0.25, 0.3) is 21.3 Å². The van der Waals surface area contributed by atoms with Gasteiger partial charge in [0.05, 0.1) is 11.7 Å². The Labute approximate surface area is 172 Å². The third kappa shape index (κ3) is 4.43. The molecule has 0 atom stereocenters. The van der Waals surface area contributed by atoms with Gasteiger partial charge in [-0.1, -0.05) is 60.7 Å². The highest BCUT2D eigenvalue weighted by Crippen LogP contribution is 2.30. The minimum Gasteiger partial charge on any atom is -0.355 e. The molecule has 0 fully saturated rings. The molecule has 4 rings (SSSR count). The molecule has 4 aromatic rings. The van der Waals surface area contributed by atoms with Crippen molar-refractivity contribution in [1.29, 1.82) is 0 Å². The van der Waals surface area contributed by atoms with Gasteiger partial charge in [-0.25, -0.2) is 4.98 Å². The summed E-state index contributed by atoms with van der Waals surface area (Å²) in [6.07, 6.45) is 3.22. The summed E-state index contributed by atoms with van der Waals surface area (Å²) in [7, 11) is 0. The SMILES string of the molecule is O=C(Cn1cnc2scc(-c3ccccc3)c2c1=O)NCCCc1ccccc1. The predicted molar refractivity (Wildman–Crippen MR) is 117 cm³/mol. The first-order chi connectivity index (χ1) is 14.2. The summed E-state index contributed by atoms with van der Waals surface area (Å²) in [5.74, 6) is -0.183. The molecule has 0 unspecified atom stereocenters. The molecule has 146 valence electrons. The molecule has 2 aromatic carbocycles. The largest absolute Gasteiger partial charge is 0.355 e. The zero-order valence-corrected chi connectivity index (χ0v) is 16.7. The van der Waals surface area contributed by atoms with Crippen LogP contribution in [0.3, 0.4) is 0 Å². The molecular formula is C23H21N3O2S. The summed E-state index contributed by atoms with van der Waals surface area (Å²) >= 11 is 1.44. The van der Waals surface area contributed by atoms with E-state index in [-0.39, 0.29) is 18.0 Å². The molecule has 0 aliphatic rings. The maximum Gasteiger partial charge on any atom is 0.263 e. The molecule has 0 aliphatic heterocycles. The fourth-order valence-electron chi connectivity index (χ4n) is 3.29. The van der Waals surface area contributed by atoms with Gasteiger partial charge in [0, 0.05) is 17.5 Å². The van der Waals surface area contributed by atoms with Crippen LogP contribution in [0.1, 0.15) is 12.0 Å². The number of thiophene rings is 1. The monoisotopic (exact) mass is 403 g/mol. The molecule has 0 radical (unpaired) electrons. The van der Waals surface area contributed by atoms with E-state index in [9.17, 15) is 9.59 Å². The molecule has 2 heterocycles. The molecular weight excluding hydrogens is 382 g/mol. The summed E-state index contributed by atoms with van der Waals surface area (Å²) < 4.78 is 1.38. The number of nitrogens with one attached hydrogen (secondary N) is 1. The highest BCUT2D eigenvalue weighted by atomic mass is 32.1. The Bertz CT molecular complexity index is 1170. The van der Waals surface area contributed by atoms with Crippen LogP contribution in [0.15, 0.2) is 77.2 Å². The zero-order chi connectivity index (χ0) is 20.1. The number of carbonyl (C=O) groups is 1. The third-order valence-corrected chi connectivity index (χ3v) is 5.65. The molecule has 1 N–H and O–H groups in total. The highest BCUT2D eigenvalue weighted by molar-refractivity contribution is 7.17. The quantitative estimate of drug-likeness (QED) is 0.477. The van der Waals surface area contributed by atoms with Crippen LogP contribution in [0.2, 0.25) is 0 Å². The molecule has 0 aliphatic carbocycles. The molecule has 0 bridgehead atoms. The van der Waals surface area contributed by atoms with Crippen molar-refractivity contribution >= 4 is 27.5 Å². The van der Waals surface area contributed by atoms with Crippen molar-refractivity contribution in [3.05, 3.63) is 88.3 Å². The second-order valence-electron chi connectivity index (χ2n) is 6.81. The van der Waals surface area contributed by atoms with Crippen LogP contribution >= 0.6 is 11.3 Å². The maximum absolute atomic E-state index is 13.0. The van der Waals surface area contributed by atoms with Crippen LogP contribution in [-0.2, 0) is 17.8 Å². The molecule has 5 nitrogen and oxygen atoms in total. The van der Waals surface area contributed by atoms with Crippen molar-refractivity contribution in [3.8, 4) is 11.1 Å². The second-order valence-corrected chi connectivity index (χ2v) is 7.67. The van der Waals surface area contributed by atoms with Crippen molar-refractivity contribution in [2.45, 2.75) is 19.4 Å². The average molecular weight is 404 g/mol. The fraction of sp³-hybridized carbons (Fsp3) is 0.174. The minimum atomic E-state index is -0.186. The zero-order valence-electron chi connectivity index (χ0n) is 15.9. The van der Waals surface area contributed by atoms with E-state index in [0.717, 1.165) is 24.0 Å². The smallest absolute Gasteiger partial charge is 0.263 e. The molecule has 2 aromatic heterocycles. The van der Waals surface area contributed by atoms with Gasteiger partial charge in [-0.2, -0.15) is 0 Å². The topological polar surface area (TPSA) is 64.0 Å². The summed E-state index contributed by atoms with van der Waals surface area (Å²) in [5.41, 5.74) is 2.90. The Hall–Kier alpha value is -3.25. The summed E-state index contributed by atoms with van der Waals surface area (Å²) in [4.78, 5) is 30.4. The Morgan fingerprint density at radius 2 is 1.76 bits per heavy atom. The van der Waals surface area contributed by atoms with Crippen LogP contribution in [0.5, 0.6) is 0 Å². The Balaban J connectivity index is 1.43. The number of benzene rings is 2. The van der Waals surface area contributed by atoms with E-state index >= 15 is 0 Å². The Morgan fingerprint density at radius 1 is 1.03 bits per heavy atom. The van der Waals surface area contributed by atoms with E-state index in [1.807, 2.05) is 53.9 Å². The van der Waals surface area contributed by atoms with Gasteiger partial charge in [0.1, 0.15) is 11.4 Å². The average Bonchev–Trinajstić information content (AvgIpc) is 3.20. The molecule has 1 amide bonds. The fourth-order valence-corrected chi connectivity index (χ4v) is 4.19. The molecule has 0 saturated carbocycles. The van der Waals surface area contributed by atoms with E-state index in [2.05, 4.69) is 22.4 Å². The van der Waals surface area contributed by atoms with Gasteiger partial charge in [-0.3, -0.25) is 14.2 Å². The van der Waals surface area contributed by atoms with Crippen molar-refractivity contribution in [1.82, 2.24) is 14.9 Å².